The van der Waals surface area contributed by atoms with E-state index in [4.69, 9.17) is 21.1 Å². The Bertz CT molecular complexity index is 816. The molecule has 144 valence electrons. The van der Waals surface area contributed by atoms with E-state index >= 15 is 0 Å². The Hall–Kier alpha value is -1.98. The molecule has 4 rings (SSSR count). The van der Waals surface area contributed by atoms with Gasteiger partial charge >= 0.3 is 0 Å². The third-order valence-electron chi connectivity index (χ3n) is 5.76. The second kappa shape index (κ2) is 7.56. The van der Waals surface area contributed by atoms with Gasteiger partial charge in [0.25, 0.3) is 0 Å². The molecule has 0 spiro atoms. The van der Waals surface area contributed by atoms with E-state index in [0.29, 0.717) is 28.4 Å². The summed E-state index contributed by atoms with van der Waals surface area (Å²) in [6.45, 7) is 3.77. The minimum absolute atomic E-state index is 0.220. The Balaban J connectivity index is 1.46. The third-order valence-corrected chi connectivity index (χ3v) is 6.16. The molecule has 1 aromatic carbocycles. The van der Waals surface area contributed by atoms with Crippen LogP contribution in [0.1, 0.15) is 18.5 Å². The van der Waals surface area contributed by atoms with Gasteiger partial charge in [0.05, 0.1) is 23.9 Å². The van der Waals surface area contributed by atoms with Crippen LogP contribution in [0.15, 0.2) is 36.4 Å². The van der Waals surface area contributed by atoms with Crippen LogP contribution in [0.3, 0.4) is 0 Å². The molecule has 5 nitrogen and oxygen atoms in total. The standard InChI is InChI=1S/C21H25ClN2O3/c1-13-16(22)7-8-21(23-13)24-11-14-9-17(25)20(10-15(14)12-24)27-19-6-4-3-5-18(19)26-2/h3-8,14-15,17,20,25H,9-12H2,1-2H3/t14-,15+,17+,20+/m0/s1. The Labute approximate surface area is 164 Å². The number of anilines is 1. The van der Waals surface area contributed by atoms with Crippen molar-refractivity contribution in [3.8, 4) is 11.5 Å². The number of aliphatic hydroxyl groups excluding tert-OH is 1. The molecule has 0 amide bonds. The lowest BCUT2D eigenvalue weighted by molar-refractivity contribution is -0.0240. The minimum Gasteiger partial charge on any atom is -0.493 e. The van der Waals surface area contributed by atoms with Crippen LogP contribution in [0.2, 0.25) is 5.02 Å². The molecule has 0 bridgehead atoms. The Morgan fingerprint density at radius 3 is 2.48 bits per heavy atom. The van der Waals surface area contributed by atoms with E-state index in [-0.39, 0.29) is 6.10 Å². The molecule has 1 N–H and O–H groups in total. The molecular weight excluding hydrogens is 364 g/mol. The van der Waals surface area contributed by atoms with Gasteiger partial charge in [-0.1, -0.05) is 23.7 Å². The lowest BCUT2D eigenvalue weighted by atomic mass is 9.78. The van der Waals surface area contributed by atoms with E-state index in [9.17, 15) is 5.11 Å². The fourth-order valence-electron chi connectivity index (χ4n) is 4.29. The Morgan fingerprint density at radius 1 is 1.07 bits per heavy atom. The lowest BCUT2D eigenvalue weighted by Gasteiger charge is -2.35. The number of pyridine rings is 1. The number of rotatable bonds is 4. The third kappa shape index (κ3) is 3.71. The fourth-order valence-corrected chi connectivity index (χ4v) is 4.40. The molecule has 6 heteroatoms. The van der Waals surface area contributed by atoms with E-state index in [1.807, 2.05) is 43.3 Å². The molecular formula is C21H25ClN2O3. The first-order valence-electron chi connectivity index (χ1n) is 9.41. The number of aliphatic hydroxyl groups is 1. The summed E-state index contributed by atoms with van der Waals surface area (Å²) in [5.74, 6) is 3.28. The second-order valence-electron chi connectivity index (χ2n) is 7.51. The molecule has 0 unspecified atom stereocenters. The molecule has 1 saturated heterocycles. The van der Waals surface area contributed by atoms with E-state index < -0.39 is 6.10 Å². The Morgan fingerprint density at radius 2 is 1.78 bits per heavy atom. The highest BCUT2D eigenvalue weighted by Gasteiger charge is 2.43. The van der Waals surface area contributed by atoms with Gasteiger partial charge in [-0.15, -0.1) is 0 Å². The number of hydrogen-bond acceptors (Lipinski definition) is 5. The van der Waals surface area contributed by atoms with Gasteiger partial charge in [0.1, 0.15) is 11.9 Å². The number of fused-ring (bicyclic) bond motifs is 1. The minimum atomic E-state index is -0.476. The topological polar surface area (TPSA) is 54.8 Å². The summed E-state index contributed by atoms with van der Waals surface area (Å²) in [4.78, 5) is 6.93. The quantitative estimate of drug-likeness (QED) is 0.865. The summed E-state index contributed by atoms with van der Waals surface area (Å²) in [7, 11) is 1.63. The number of nitrogens with zero attached hydrogens (tertiary/aromatic N) is 2. The first-order valence-corrected chi connectivity index (χ1v) is 9.78. The highest BCUT2D eigenvalue weighted by Crippen LogP contribution is 2.40. The smallest absolute Gasteiger partial charge is 0.161 e. The van der Waals surface area contributed by atoms with Crippen molar-refractivity contribution in [2.75, 3.05) is 25.1 Å². The van der Waals surface area contributed by atoms with Gasteiger partial charge in [0.15, 0.2) is 11.5 Å². The molecule has 27 heavy (non-hydrogen) atoms. The van der Waals surface area contributed by atoms with Gasteiger partial charge in [-0.2, -0.15) is 0 Å². The van der Waals surface area contributed by atoms with Crippen LogP contribution < -0.4 is 14.4 Å². The van der Waals surface area contributed by atoms with Gasteiger partial charge in [-0.3, -0.25) is 0 Å². The van der Waals surface area contributed by atoms with Crippen molar-refractivity contribution in [3.63, 3.8) is 0 Å². The van der Waals surface area contributed by atoms with Gasteiger partial charge in [0.2, 0.25) is 0 Å². The molecule has 2 fully saturated rings. The number of aryl methyl sites for hydroxylation is 1. The van der Waals surface area contributed by atoms with E-state index in [0.717, 1.165) is 37.4 Å². The number of hydrogen-bond donors (Lipinski definition) is 1. The van der Waals surface area contributed by atoms with Crippen molar-refractivity contribution >= 4 is 17.4 Å². The molecule has 4 atom stereocenters. The van der Waals surface area contributed by atoms with Crippen LogP contribution in [0.5, 0.6) is 11.5 Å². The van der Waals surface area contributed by atoms with Crippen LogP contribution in [-0.4, -0.2) is 42.5 Å². The van der Waals surface area contributed by atoms with Gasteiger partial charge in [0, 0.05) is 13.1 Å². The predicted octanol–water partition coefficient (Wildman–Crippen LogP) is 3.71. The normalized spacial score (nSPS) is 27.3. The summed E-state index contributed by atoms with van der Waals surface area (Å²) in [6, 6.07) is 11.5. The van der Waals surface area contributed by atoms with E-state index in [1.165, 1.54) is 0 Å². The second-order valence-corrected chi connectivity index (χ2v) is 7.91. The van der Waals surface area contributed by atoms with Crippen LogP contribution in [0, 0.1) is 18.8 Å². The number of methoxy groups -OCH3 is 1. The lowest BCUT2D eigenvalue weighted by Crippen LogP contribution is -2.42. The number of halogens is 1. The van der Waals surface area contributed by atoms with Crippen LogP contribution in [-0.2, 0) is 0 Å². The predicted molar refractivity (Wildman–Crippen MR) is 106 cm³/mol. The average molecular weight is 389 g/mol. The van der Waals surface area contributed by atoms with Crippen molar-refractivity contribution in [2.45, 2.75) is 32.0 Å². The summed E-state index contributed by atoms with van der Waals surface area (Å²) < 4.78 is 11.5. The van der Waals surface area contributed by atoms with Crippen molar-refractivity contribution in [2.24, 2.45) is 11.8 Å². The average Bonchev–Trinajstić information content (AvgIpc) is 3.07. The van der Waals surface area contributed by atoms with Gasteiger partial charge < -0.3 is 19.5 Å². The zero-order valence-electron chi connectivity index (χ0n) is 15.6. The fraction of sp³-hybridized carbons (Fsp3) is 0.476. The first kappa shape index (κ1) is 18.4. The summed E-state index contributed by atoms with van der Waals surface area (Å²) in [5, 5.41) is 11.4. The number of aromatic nitrogens is 1. The number of para-hydroxylation sites is 2. The monoisotopic (exact) mass is 388 g/mol. The number of benzene rings is 1. The zero-order valence-corrected chi connectivity index (χ0v) is 16.4. The maximum Gasteiger partial charge on any atom is 0.161 e. The van der Waals surface area contributed by atoms with Crippen molar-refractivity contribution in [3.05, 3.63) is 47.1 Å². The zero-order chi connectivity index (χ0) is 19.0. The highest BCUT2D eigenvalue weighted by atomic mass is 35.5. The molecule has 1 aromatic heterocycles. The van der Waals surface area contributed by atoms with Crippen molar-refractivity contribution < 1.29 is 14.6 Å². The van der Waals surface area contributed by atoms with Crippen LogP contribution in [0.4, 0.5) is 5.82 Å². The maximum atomic E-state index is 10.7. The summed E-state index contributed by atoms with van der Waals surface area (Å²) in [5.41, 5.74) is 0.849. The first-order chi connectivity index (χ1) is 13.0. The maximum absolute atomic E-state index is 10.7. The highest BCUT2D eigenvalue weighted by molar-refractivity contribution is 6.31. The molecule has 2 aromatic rings. The van der Waals surface area contributed by atoms with Crippen molar-refractivity contribution in [1.82, 2.24) is 4.98 Å². The van der Waals surface area contributed by atoms with Crippen molar-refractivity contribution in [1.29, 1.82) is 0 Å². The van der Waals surface area contributed by atoms with Crippen LogP contribution >= 0.6 is 11.6 Å². The SMILES string of the molecule is COc1ccccc1O[C@@H]1C[C@@H]2CN(c3ccc(Cl)c(C)n3)C[C@@H]2C[C@H]1O. The largest absolute Gasteiger partial charge is 0.493 e. The molecule has 0 radical (unpaired) electrons. The van der Waals surface area contributed by atoms with Gasteiger partial charge in [-0.05, 0) is 55.9 Å². The van der Waals surface area contributed by atoms with Crippen LogP contribution in [0.25, 0.3) is 0 Å². The molecule has 1 aliphatic carbocycles. The number of ether oxygens (including phenoxy) is 2. The van der Waals surface area contributed by atoms with E-state index in [1.54, 1.807) is 7.11 Å². The van der Waals surface area contributed by atoms with E-state index in [2.05, 4.69) is 9.88 Å². The molecule has 2 heterocycles. The van der Waals surface area contributed by atoms with Gasteiger partial charge in [-0.25, -0.2) is 4.98 Å². The molecule has 1 aliphatic heterocycles. The molecule has 1 saturated carbocycles. The summed E-state index contributed by atoms with van der Waals surface area (Å²) in [6.07, 6.45) is 0.874. The Kier molecular flexibility index (Phi) is 5.15. The molecule has 2 aliphatic rings. The summed E-state index contributed by atoms with van der Waals surface area (Å²) >= 11 is 6.11.